The number of nitrogens with zero attached hydrogens (tertiary/aromatic N) is 3. The van der Waals surface area contributed by atoms with Crippen LogP contribution in [-0.2, 0) is 0 Å². The Morgan fingerprint density at radius 1 is 1.28 bits per heavy atom. The van der Waals surface area contributed by atoms with Crippen molar-refractivity contribution in [3.8, 4) is 0 Å². The summed E-state index contributed by atoms with van der Waals surface area (Å²) in [7, 11) is 0. The van der Waals surface area contributed by atoms with Gasteiger partial charge in [0.1, 0.15) is 5.82 Å². The zero-order chi connectivity index (χ0) is 21.0. The lowest BCUT2D eigenvalue weighted by Gasteiger charge is -2.39. The average Bonchev–Trinajstić information content (AvgIpc) is 3.16. The Bertz CT molecular complexity index is 824. The molecule has 2 aromatic rings. The number of carbonyl (C=O) groups is 1. The number of rotatable bonds is 7. The molecule has 5 nitrogen and oxygen atoms in total. The number of benzene rings is 1. The number of hydrogen-bond acceptors (Lipinski definition) is 4. The maximum Gasteiger partial charge on any atom is 0.257 e. The first-order valence-corrected chi connectivity index (χ1v) is 11.7. The fraction of sp³-hybridized carbons (Fsp3) is 0.565. The number of anilines is 1. The Hall–Kier alpha value is -1.79. The molecule has 29 heavy (non-hydrogen) atoms. The summed E-state index contributed by atoms with van der Waals surface area (Å²) in [6, 6.07) is 10.5. The van der Waals surface area contributed by atoms with Crippen molar-refractivity contribution in [3.05, 3.63) is 47.7 Å². The van der Waals surface area contributed by atoms with Gasteiger partial charge in [0.25, 0.3) is 5.91 Å². The summed E-state index contributed by atoms with van der Waals surface area (Å²) in [5, 5.41) is 7.59. The maximum atomic E-state index is 12.7. The molecular weight excluding hydrogens is 380 g/mol. The summed E-state index contributed by atoms with van der Waals surface area (Å²) in [5.74, 6) is 0.712. The number of aromatic nitrogens is 2. The van der Waals surface area contributed by atoms with Crippen LogP contribution in [0.1, 0.15) is 62.0 Å². The van der Waals surface area contributed by atoms with Crippen LogP contribution in [0.3, 0.4) is 0 Å². The molecule has 1 saturated heterocycles. The van der Waals surface area contributed by atoms with Gasteiger partial charge >= 0.3 is 0 Å². The number of carbonyl (C=O) groups excluding carboxylic acids is 1. The van der Waals surface area contributed by atoms with E-state index in [9.17, 15) is 4.79 Å². The molecule has 0 spiro atoms. The van der Waals surface area contributed by atoms with Crippen LogP contribution in [0.25, 0.3) is 0 Å². The first-order chi connectivity index (χ1) is 13.8. The zero-order valence-electron chi connectivity index (χ0n) is 18.3. The van der Waals surface area contributed by atoms with E-state index in [-0.39, 0.29) is 5.91 Å². The van der Waals surface area contributed by atoms with Crippen LogP contribution in [0.2, 0.25) is 0 Å². The fourth-order valence-electron chi connectivity index (χ4n) is 4.21. The molecule has 1 aliphatic rings. The van der Waals surface area contributed by atoms with Gasteiger partial charge in [-0.3, -0.25) is 4.79 Å². The van der Waals surface area contributed by atoms with Gasteiger partial charge in [0.05, 0.1) is 12.2 Å². The molecule has 0 bridgehead atoms. The van der Waals surface area contributed by atoms with Crippen molar-refractivity contribution >= 4 is 23.5 Å². The van der Waals surface area contributed by atoms with E-state index in [1.807, 2.05) is 53.7 Å². The lowest BCUT2D eigenvalue weighted by Crippen LogP contribution is -2.43. The minimum absolute atomic E-state index is 0.0739. The molecule has 1 aromatic heterocycles. The van der Waals surface area contributed by atoms with Crippen molar-refractivity contribution in [3.63, 3.8) is 0 Å². The van der Waals surface area contributed by atoms with Crippen LogP contribution >= 0.6 is 11.8 Å². The molecule has 0 radical (unpaired) electrons. The van der Waals surface area contributed by atoms with E-state index < -0.39 is 0 Å². The van der Waals surface area contributed by atoms with Crippen LogP contribution < -0.4 is 5.32 Å². The molecule has 1 atom stereocenters. The Morgan fingerprint density at radius 3 is 2.62 bits per heavy atom. The lowest BCUT2D eigenvalue weighted by molar-refractivity contribution is 0.102. The maximum absolute atomic E-state index is 12.7. The van der Waals surface area contributed by atoms with E-state index in [4.69, 9.17) is 0 Å². The average molecular weight is 415 g/mol. The van der Waals surface area contributed by atoms with Gasteiger partial charge in [0.2, 0.25) is 0 Å². The molecule has 1 N–H and O–H groups in total. The molecule has 1 fully saturated rings. The van der Waals surface area contributed by atoms with Gasteiger partial charge in [-0.25, -0.2) is 4.68 Å². The van der Waals surface area contributed by atoms with E-state index in [1.54, 1.807) is 6.20 Å². The van der Waals surface area contributed by atoms with E-state index in [0.29, 0.717) is 22.4 Å². The molecule has 1 amide bonds. The molecule has 158 valence electrons. The monoisotopic (exact) mass is 414 g/mol. The van der Waals surface area contributed by atoms with Gasteiger partial charge in [-0.2, -0.15) is 16.9 Å². The second-order valence-electron chi connectivity index (χ2n) is 8.71. The quantitative estimate of drug-likeness (QED) is 0.693. The van der Waals surface area contributed by atoms with Crippen LogP contribution in [0.15, 0.2) is 36.5 Å². The Morgan fingerprint density at radius 2 is 1.97 bits per heavy atom. The van der Waals surface area contributed by atoms with Gasteiger partial charge in [-0.05, 0) is 51.0 Å². The standard InChI is InChI=1S/C23H34N4OS/c1-17-8-6-7-9-20(17)22(28)25-21-10-13-24-27(21)19-11-14-26(15-12-19)18(2)16-23(3,4)29-5/h6-10,13,18-19H,11-12,14-16H2,1-5H3,(H,25,28)/t18-/m0/s1. The molecular formula is C23H34N4OS. The fourth-order valence-corrected chi connectivity index (χ4v) is 4.62. The Labute approximate surface area is 179 Å². The molecule has 3 rings (SSSR count). The minimum atomic E-state index is -0.0739. The first-order valence-electron chi connectivity index (χ1n) is 10.5. The second kappa shape index (κ2) is 9.35. The lowest BCUT2D eigenvalue weighted by atomic mass is 9.98. The number of piperidine rings is 1. The third kappa shape index (κ3) is 5.43. The van der Waals surface area contributed by atoms with E-state index in [0.717, 1.165) is 37.3 Å². The zero-order valence-corrected chi connectivity index (χ0v) is 19.1. The highest BCUT2D eigenvalue weighted by Crippen LogP contribution is 2.31. The minimum Gasteiger partial charge on any atom is -0.307 e. The summed E-state index contributed by atoms with van der Waals surface area (Å²) >= 11 is 1.94. The van der Waals surface area contributed by atoms with Gasteiger partial charge in [-0.15, -0.1) is 0 Å². The van der Waals surface area contributed by atoms with Crippen molar-refractivity contribution in [2.24, 2.45) is 0 Å². The number of aryl methyl sites for hydroxylation is 1. The van der Waals surface area contributed by atoms with Gasteiger partial charge in [-0.1, -0.05) is 32.0 Å². The number of nitrogens with one attached hydrogen (secondary N) is 1. The topological polar surface area (TPSA) is 50.2 Å². The summed E-state index contributed by atoms with van der Waals surface area (Å²) < 4.78 is 2.31. The smallest absolute Gasteiger partial charge is 0.257 e. The number of thioether (sulfide) groups is 1. The molecule has 0 aliphatic carbocycles. The third-order valence-electron chi connectivity index (χ3n) is 6.11. The van der Waals surface area contributed by atoms with Gasteiger partial charge in [0.15, 0.2) is 0 Å². The van der Waals surface area contributed by atoms with Crippen LogP contribution in [0.4, 0.5) is 5.82 Å². The summed E-state index contributed by atoms with van der Waals surface area (Å²) in [6.45, 7) is 11.1. The van der Waals surface area contributed by atoms with E-state index in [2.05, 4.69) is 42.3 Å². The second-order valence-corrected chi connectivity index (χ2v) is 10.2. The van der Waals surface area contributed by atoms with Crippen LogP contribution in [0, 0.1) is 6.92 Å². The van der Waals surface area contributed by atoms with E-state index in [1.165, 1.54) is 6.42 Å². The molecule has 2 heterocycles. The number of amides is 1. The number of likely N-dealkylation sites (tertiary alicyclic amines) is 1. The van der Waals surface area contributed by atoms with Crippen LogP contribution in [0.5, 0.6) is 0 Å². The number of hydrogen-bond donors (Lipinski definition) is 1. The summed E-state index contributed by atoms with van der Waals surface area (Å²) in [6.07, 6.45) is 7.28. The molecule has 0 unspecified atom stereocenters. The SMILES string of the molecule is CSC(C)(C)C[C@H](C)N1CCC(n2nccc2NC(=O)c2ccccc2C)CC1. The van der Waals surface area contributed by atoms with Crippen molar-refractivity contribution in [1.82, 2.24) is 14.7 Å². The van der Waals surface area contributed by atoms with Crippen molar-refractivity contribution in [2.75, 3.05) is 24.7 Å². The largest absolute Gasteiger partial charge is 0.307 e. The highest BCUT2D eigenvalue weighted by molar-refractivity contribution is 7.99. The summed E-state index contributed by atoms with van der Waals surface area (Å²) in [5.41, 5.74) is 1.69. The summed E-state index contributed by atoms with van der Waals surface area (Å²) in [4.78, 5) is 15.3. The highest BCUT2D eigenvalue weighted by atomic mass is 32.2. The van der Waals surface area contributed by atoms with Gasteiger partial charge in [0, 0.05) is 35.5 Å². The predicted molar refractivity (Wildman–Crippen MR) is 123 cm³/mol. The Kier molecular flexibility index (Phi) is 7.06. The third-order valence-corrected chi connectivity index (χ3v) is 7.38. The van der Waals surface area contributed by atoms with Crippen molar-refractivity contribution in [1.29, 1.82) is 0 Å². The van der Waals surface area contributed by atoms with E-state index >= 15 is 0 Å². The highest BCUT2D eigenvalue weighted by Gasteiger charge is 2.29. The molecule has 1 aromatic carbocycles. The first kappa shape index (κ1) is 21.9. The molecule has 6 heteroatoms. The van der Waals surface area contributed by atoms with Crippen molar-refractivity contribution < 1.29 is 4.79 Å². The van der Waals surface area contributed by atoms with Gasteiger partial charge < -0.3 is 10.2 Å². The Balaban J connectivity index is 1.61. The normalized spacial score (nSPS) is 17.3. The molecule has 0 saturated carbocycles. The molecule has 1 aliphatic heterocycles. The predicted octanol–water partition coefficient (Wildman–Crippen LogP) is 5.00. The van der Waals surface area contributed by atoms with Crippen LogP contribution in [-0.4, -0.2) is 50.7 Å². The van der Waals surface area contributed by atoms with Crippen molar-refractivity contribution in [2.45, 2.75) is 63.8 Å².